The van der Waals surface area contributed by atoms with E-state index in [1.807, 2.05) is 29.2 Å². The van der Waals surface area contributed by atoms with E-state index in [2.05, 4.69) is 4.98 Å². The van der Waals surface area contributed by atoms with Crippen molar-refractivity contribution in [1.82, 2.24) is 14.5 Å². The van der Waals surface area contributed by atoms with Crippen LogP contribution < -0.4 is 16.0 Å². The Morgan fingerprint density at radius 1 is 1.09 bits per heavy atom. The van der Waals surface area contributed by atoms with Crippen LogP contribution in [0.2, 0.25) is 0 Å². The molecule has 1 amide bonds. The maximum atomic E-state index is 13.6. The van der Waals surface area contributed by atoms with E-state index in [4.69, 9.17) is 4.74 Å². The summed E-state index contributed by atoms with van der Waals surface area (Å²) in [5.74, 6) is 0.327. The number of aromatic nitrogens is 2. The fraction of sp³-hybridized carbons (Fsp3) is 0.375. The van der Waals surface area contributed by atoms with Crippen molar-refractivity contribution < 1.29 is 13.9 Å². The second-order valence-corrected chi connectivity index (χ2v) is 8.63. The number of hydrogen-bond acceptors (Lipinski definition) is 4. The maximum absolute atomic E-state index is 13.6. The quantitative estimate of drug-likeness (QED) is 0.680. The van der Waals surface area contributed by atoms with Crippen molar-refractivity contribution >= 4 is 16.8 Å². The number of methoxy groups -OCH3 is 1. The van der Waals surface area contributed by atoms with Gasteiger partial charge in [-0.25, -0.2) is 9.18 Å². The topological polar surface area (TPSA) is 84.4 Å². The summed E-state index contributed by atoms with van der Waals surface area (Å²) in [5, 5.41) is 0.152. The van der Waals surface area contributed by atoms with Crippen LogP contribution in [0, 0.1) is 5.82 Å². The fourth-order valence-electron chi connectivity index (χ4n) is 4.82. The minimum absolute atomic E-state index is 0.1000. The summed E-state index contributed by atoms with van der Waals surface area (Å²) in [5.41, 5.74) is -0.163. The number of nitrogens with zero attached hydrogens (tertiary/aromatic N) is 2. The number of aromatic amines is 1. The number of hydrogen-bond donors (Lipinski definition) is 1. The number of ether oxygens (including phenoxy) is 1. The molecule has 2 fully saturated rings. The third-order valence-electron chi connectivity index (χ3n) is 6.81. The predicted molar refractivity (Wildman–Crippen MR) is 118 cm³/mol. The lowest BCUT2D eigenvalue weighted by Crippen LogP contribution is -2.47. The summed E-state index contributed by atoms with van der Waals surface area (Å²) >= 11 is 0. The summed E-state index contributed by atoms with van der Waals surface area (Å²) in [7, 11) is 1.61. The number of fused-ring (bicyclic) bond motifs is 1. The summed E-state index contributed by atoms with van der Waals surface area (Å²) in [6.07, 6.45) is 2.61. The molecule has 1 aliphatic heterocycles. The number of rotatable bonds is 4. The van der Waals surface area contributed by atoms with Crippen molar-refractivity contribution in [2.75, 3.05) is 20.2 Å². The third-order valence-corrected chi connectivity index (χ3v) is 6.81. The van der Waals surface area contributed by atoms with E-state index in [9.17, 15) is 18.8 Å². The highest BCUT2D eigenvalue weighted by atomic mass is 19.1. The Morgan fingerprint density at radius 2 is 1.78 bits per heavy atom. The Labute approximate surface area is 183 Å². The Morgan fingerprint density at radius 3 is 2.41 bits per heavy atom. The summed E-state index contributed by atoms with van der Waals surface area (Å²) in [6.45, 7) is 0.933. The highest BCUT2D eigenvalue weighted by Crippen LogP contribution is 2.50. The number of benzene rings is 2. The van der Waals surface area contributed by atoms with Gasteiger partial charge in [-0.05, 0) is 61.6 Å². The second-order valence-electron chi connectivity index (χ2n) is 8.63. The molecule has 1 N–H and O–H groups in total. The molecule has 0 atom stereocenters. The molecule has 32 heavy (non-hydrogen) atoms. The van der Waals surface area contributed by atoms with E-state index in [0.717, 1.165) is 30.2 Å². The van der Waals surface area contributed by atoms with E-state index in [1.165, 1.54) is 16.7 Å². The highest BCUT2D eigenvalue weighted by molar-refractivity contribution is 5.91. The van der Waals surface area contributed by atoms with Crippen molar-refractivity contribution in [3.8, 4) is 5.75 Å². The van der Waals surface area contributed by atoms with Crippen LogP contribution >= 0.6 is 0 Å². The van der Waals surface area contributed by atoms with Gasteiger partial charge in [0.05, 0.1) is 23.4 Å². The molecule has 1 saturated heterocycles. The summed E-state index contributed by atoms with van der Waals surface area (Å²) in [4.78, 5) is 43.3. The van der Waals surface area contributed by atoms with Crippen LogP contribution in [0.25, 0.3) is 10.9 Å². The molecule has 7 nitrogen and oxygen atoms in total. The number of H-pyrrole nitrogens is 1. The second kappa shape index (κ2) is 7.62. The van der Waals surface area contributed by atoms with Gasteiger partial charge in [-0.1, -0.05) is 12.1 Å². The molecule has 0 bridgehead atoms. The van der Waals surface area contributed by atoms with Gasteiger partial charge in [0, 0.05) is 19.1 Å². The first-order valence-electron chi connectivity index (χ1n) is 10.8. The monoisotopic (exact) mass is 437 g/mol. The van der Waals surface area contributed by atoms with Crippen molar-refractivity contribution in [2.24, 2.45) is 0 Å². The lowest BCUT2D eigenvalue weighted by molar-refractivity contribution is -0.135. The average Bonchev–Trinajstić information content (AvgIpc) is 3.62. The highest BCUT2D eigenvalue weighted by Gasteiger charge is 2.53. The van der Waals surface area contributed by atoms with E-state index in [1.54, 1.807) is 7.11 Å². The molecule has 5 rings (SSSR count). The number of halogens is 1. The Bertz CT molecular complexity index is 1300. The molecule has 1 aliphatic carbocycles. The van der Waals surface area contributed by atoms with Crippen molar-refractivity contribution in [3.05, 3.63) is 74.7 Å². The fourth-order valence-corrected chi connectivity index (χ4v) is 4.82. The lowest BCUT2D eigenvalue weighted by atomic mass is 9.92. The smallest absolute Gasteiger partial charge is 0.329 e. The number of carbonyl (C=O) groups excluding carboxylic acids is 1. The molecule has 0 unspecified atom stereocenters. The largest absolute Gasteiger partial charge is 0.497 e. The molecule has 0 radical (unpaired) electrons. The summed E-state index contributed by atoms with van der Waals surface area (Å²) < 4.78 is 20.0. The molecule has 2 heterocycles. The molecule has 1 saturated carbocycles. The van der Waals surface area contributed by atoms with Crippen LogP contribution in [0.1, 0.15) is 37.3 Å². The zero-order chi connectivity index (χ0) is 22.5. The molecule has 8 heteroatoms. The van der Waals surface area contributed by atoms with E-state index < -0.39 is 22.5 Å². The standard InChI is InChI=1S/C24H24FN3O4/c1-32-18-5-2-15(3-6-18)24(10-11-24)22(30)27-12-8-17(9-13-27)28-21(29)19-14-16(25)4-7-20(19)26-23(28)31/h2-7,14,17H,8-13H2,1H3,(H,26,31). The van der Waals surface area contributed by atoms with Crippen molar-refractivity contribution in [2.45, 2.75) is 37.1 Å². The first-order valence-corrected chi connectivity index (χ1v) is 10.8. The van der Waals surface area contributed by atoms with Crippen LogP contribution in [0.5, 0.6) is 5.75 Å². The van der Waals surface area contributed by atoms with Gasteiger partial charge in [-0.3, -0.25) is 14.2 Å². The molecular weight excluding hydrogens is 413 g/mol. The van der Waals surface area contributed by atoms with Gasteiger partial charge in [0.2, 0.25) is 5.91 Å². The van der Waals surface area contributed by atoms with Crippen molar-refractivity contribution in [3.63, 3.8) is 0 Å². The Balaban J connectivity index is 1.35. The van der Waals surface area contributed by atoms with Crippen LogP contribution in [-0.4, -0.2) is 40.6 Å². The lowest BCUT2D eigenvalue weighted by Gasteiger charge is -2.35. The third kappa shape index (κ3) is 3.30. The average molecular weight is 437 g/mol. The summed E-state index contributed by atoms with van der Waals surface area (Å²) in [6, 6.07) is 11.1. The normalized spacial score (nSPS) is 18.0. The number of carbonyl (C=O) groups is 1. The zero-order valence-electron chi connectivity index (χ0n) is 17.8. The number of nitrogens with one attached hydrogen (secondary N) is 1. The molecular formula is C24H24FN3O4. The minimum atomic E-state index is -0.526. The minimum Gasteiger partial charge on any atom is -0.497 e. The van der Waals surface area contributed by atoms with Gasteiger partial charge in [-0.2, -0.15) is 0 Å². The molecule has 3 aromatic rings. The number of likely N-dealkylation sites (tertiary alicyclic amines) is 1. The molecule has 166 valence electrons. The van der Waals surface area contributed by atoms with Gasteiger partial charge >= 0.3 is 5.69 Å². The van der Waals surface area contributed by atoms with Crippen LogP contribution in [0.15, 0.2) is 52.1 Å². The molecule has 2 aromatic carbocycles. The Hall–Kier alpha value is -3.42. The van der Waals surface area contributed by atoms with Crippen molar-refractivity contribution in [1.29, 1.82) is 0 Å². The molecule has 1 aromatic heterocycles. The van der Waals surface area contributed by atoms with Crippen LogP contribution in [0.4, 0.5) is 4.39 Å². The van der Waals surface area contributed by atoms with E-state index in [0.29, 0.717) is 31.4 Å². The Kier molecular flexibility index (Phi) is 4.87. The predicted octanol–water partition coefficient (Wildman–Crippen LogP) is 2.73. The first-order chi connectivity index (χ1) is 15.4. The van der Waals surface area contributed by atoms with Gasteiger partial charge < -0.3 is 14.6 Å². The van der Waals surface area contributed by atoms with Gasteiger partial charge in [0.15, 0.2) is 0 Å². The van der Waals surface area contributed by atoms with Gasteiger partial charge in [-0.15, -0.1) is 0 Å². The first kappa shape index (κ1) is 20.5. The molecule has 0 spiro atoms. The van der Waals surface area contributed by atoms with Crippen LogP contribution in [0.3, 0.4) is 0 Å². The maximum Gasteiger partial charge on any atom is 0.329 e. The van der Waals surface area contributed by atoms with E-state index in [-0.39, 0.29) is 17.3 Å². The number of amides is 1. The van der Waals surface area contributed by atoms with E-state index >= 15 is 0 Å². The number of piperidine rings is 1. The molecule has 2 aliphatic rings. The zero-order valence-corrected chi connectivity index (χ0v) is 17.8. The SMILES string of the molecule is COc1ccc(C2(C(=O)N3CCC(n4c(=O)[nH]c5ccc(F)cc5c4=O)CC3)CC2)cc1. The van der Waals surface area contributed by atoms with Gasteiger partial charge in [0.1, 0.15) is 11.6 Å². The van der Waals surface area contributed by atoms with Crippen LogP contribution in [-0.2, 0) is 10.2 Å². The van der Waals surface area contributed by atoms with Gasteiger partial charge in [0.25, 0.3) is 5.56 Å².